The van der Waals surface area contributed by atoms with Crippen LogP contribution < -0.4 is 0 Å². The molecule has 7 nitrogen and oxygen atoms in total. The zero-order valence-electron chi connectivity index (χ0n) is 25.0. The lowest BCUT2D eigenvalue weighted by Gasteiger charge is -2.28. The highest BCUT2D eigenvalue weighted by Crippen LogP contribution is 2.17. The first kappa shape index (κ1) is 37.7. The van der Waals surface area contributed by atoms with Crippen LogP contribution in [0, 0.1) is 5.92 Å². The Bertz CT molecular complexity index is 794. The largest absolute Gasteiger partial charge is 0.481 e. The predicted octanol–water partition coefficient (Wildman–Crippen LogP) is 7.79. The lowest BCUT2D eigenvalue weighted by atomic mass is 10.0. The molecule has 0 spiro atoms. The summed E-state index contributed by atoms with van der Waals surface area (Å²) in [6.07, 6.45) is 24.4. The van der Waals surface area contributed by atoms with E-state index < -0.39 is 23.8 Å². The summed E-state index contributed by atoms with van der Waals surface area (Å²) in [6, 6.07) is 0. The Labute approximate surface area is 248 Å². The molecular weight excluding hydrogens is 530 g/mol. The van der Waals surface area contributed by atoms with Gasteiger partial charge < -0.3 is 19.5 Å². The molecule has 0 aromatic rings. The second-order valence-corrected chi connectivity index (χ2v) is 10.7. The fourth-order valence-electron chi connectivity index (χ4n) is 4.61. The molecule has 8 heteroatoms. The number of ether oxygens (including phenoxy) is 2. The average Bonchev–Trinajstić information content (AvgIpc) is 2.91. The molecule has 1 rings (SSSR count). The first-order valence-corrected chi connectivity index (χ1v) is 15.2. The standard InChI is InChI=1S/C32H53NO6.ClH/c1-4-5-6-7-8-9-10-11-12-13-14-15-16-18-22-33-23-19-17-20-29(33)26-39-30(34)25-28(31(35)36)21-24-38-32(37)27(2)3;/h17,19-20,28H,2,4-16,18,21-26H2,1,3H3,(H,35,36);1H. The molecule has 0 amide bonds. The molecule has 0 saturated carbocycles. The van der Waals surface area contributed by atoms with Crippen LogP contribution in [0.1, 0.15) is 117 Å². The van der Waals surface area contributed by atoms with Crippen LogP contribution in [0.3, 0.4) is 0 Å². The van der Waals surface area contributed by atoms with Gasteiger partial charge in [-0.3, -0.25) is 9.59 Å². The van der Waals surface area contributed by atoms with Gasteiger partial charge in [0.2, 0.25) is 0 Å². The Morgan fingerprint density at radius 3 is 2.00 bits per heavy atom. The van der Waals surface area contributed by atoms with Crippen molar-refractivity contribution in [3.8, 4) is 0 Å². The number of aliphatic carboxylic acids is 1. The average molecular weight is 584 g/mol. The van der Waals surface area contributed by atoms with Gasteiger partial charge in [-0.15, -0.1) is 12.4 Å². The van der Waals surface area contributed by atoms with E-state index in [9.17, 15) is 19.5 Å². The third kappa shape index (κ3) is 18.9. The van der Waals surface area contributed by atoms with Crippen molar-refractivity contribution in [1.29, 1.82) is 0 Å². The van der Waals surface area contributed by atoms with Crippen molar-refractivity contribution >= 4 is 30.3 Å². The Kier molecular flexibility index (Phi) is 23.1. The van der Waals surface area contributed by atoms with Gasteiger partial charge in [0.05, 0.1) is 24.6 Å². The predicted molar refractivity (Wildman–Crippen MR) is 163 cm³/mol. The lowest BCUT2D eigenvalue weighted by Crippen LogP contribution is -2.30. The quantitative estimate of drug-likeness (QED) is 0.0704. The minimum atomic E-state index is -1.11. The van der Waals surface area contributed by atoms with Gasteiger partial charge in [0.25, 0.3) is 0 Å². The highest BCUT2D eigenvalue weighted by atomic mass is 35.5. The highest BCUT2D eigenvalue weighted by molar-refractivity contribution is 5.87. The van der Waals surface area contributed by atoms with Crippen LogP contribution in [0.4, 0.5) is 0 Å². The molecule has 0 bridgehead atoms. The maximum atomic E-state index is 12.3. The Hall–Kier alpha value is -2.28. The number of carboxylic acid groups (broad SMARTS) is 1. The summed E-state index contributed by atoms with van der Waals surface area (Å²) in [5.41, 5.74) is 1.18. The third-order valence-corrected chi connectivity index (χ3v) is 7.13. The lowest BCUT2D eigenvalue weighted by molar-refractivity contribution is -0.152. The van der Waals surface area contributed by atoms with Crippen LogP contribution in [-0.4, -0.2) is 54.2 Å². The fraction of sp³-hybridized carbons (Fsp3) is 0.719. The van der Waals surface area contributed by atoms with Crippen LogP contribution in [0.2, 0.25) is 0 Å². The zero-order chi connectivity index (χ0) is 28.7. The number of carbonyl (C=O) groups excluding carboxylic acids is 2. The van der Waals surface area contributed by atoms with Crippen LogP contribution in [0.15, 0.2) is 36.1 Å². The summed E-state index contributed by atoms with van der Waals surface area (Å²) in [5, 5.41) is 9.42. The number of esters is 2. The summed E-state index contributed by atoms with van der Waals surface area (Å²) in [5.74, 6) is -3.22. The van der Waals surface area contributed by atoms with E-state index in [0.717, 1.165) is 25.2 Å². The van der Waals surface area contributed by atoms with E-state index in [4.69, 9.17) is 9.47 Å². The van der Waals surface area contributed by atoms with Crippen molar-refractivity contribution in [3.05, 3.63) is 36.1 Å². The Morgan fingerprint density at radius 1 is 0.925 bits per heavy atom. The smallest absolute Gasteiger partial charge is 0.333 e. The van der Waals surface area contributed by atoms with Crippen molar-refractivity contribution in [1.82, 2.24) is 4.90 Å². The number of halogens is 1. The molecule has 0 fully saturated rings. The number of hydrogen-bond donors (Lipinski definition) is 1. The molecule has 1 heterocycles. The van der Waals surface area contributed by atoms with Gasteiger partial charge in [-0.25, -0.2) is 4.79 Å². The molecule has 0 aromatic heterocycles. The second kappa shape index (κ2) is 24.5. The van der Waals surface area contributed by atoms with E-state index in [1.807, 2.05) is 12.2 Å². The first-order chi connectivity index (χ1) is 18.8. The van der Waals surface area contributed by atoms with E-state index >= 15 is 0 Å². The van der Waals surface area contributed by atoms with Crippen LogP contribution in [0.25, 0.3) is 0 Å². The number of nitrogens with zero attached hydrogens (tertiary/aromatic N) is 1. The normalized spacial score (nSPS) is 13.2. The maximum absolute atomic E-state index is 12.3. The monoisotopic (exact) mass is 583 g/mol. The van der Waals surface area contributed by atoms with Crippen LogP contribution in [-0.2, 0) is 23.9 Å². The van der Waals surface area contributed by atoms with Crippen molar-refractivity contribution in [3.63, 3.8) is 0 Å². The third-order valence-electron chi connectivity index (χ3n) is 7.13. The van der Waals surface area contributed by atoms with Crippen molar-refractivity contribution < 1.29 is 29.0 Å². The van der Waals surface area contributed by atoms with E-state index in [-0.39, 0.29) is 44.0 Å². The minimum Gasteiger partial charge on any atom is -0.481 e. The summed E-state index contributed by atoms with van der Waals surface area (Å²) in [7, 11) is 0. The summed E-state index contributed by atoms with van der Waals surface area (Å²) in [6.45, 7) is 9.01. The fourth-order valence-corrected chi connectivity index (χ4v) is 4.61. The molecule has 1 aliphatic heterocycles. The maximum Gasteiger partial charge on any atom is 0.333 e. The van der Waals surface area contributed by atoms with Crippen molar-refractivity contribution in [2.24, 2.45) is 5.92 Å². The molecule has 1 N–H and O–H groups in total. The van der Waals surface area contributed by atoms with Gasteiger partial charge in [0, 0.05) is 18.7 Å². The molecule has 1 atom stereocenters. The molecule has 230 valence electrons. The van der Waals surface area contributed by atoms with Gasteiger partial charge in [-0.2, -0.15) is 0 Å². The highest BCUT2D eigenvalue weighted by Gasteiger charge is 2.23. The Morgan fingerprint density at radius 2 is 1.48 bits per heavy atom. The zero-order valence-corrected chi connectivity index (χ0v) is 25.8. The number of rotatable bonds is 24. The van der Waals surface area contributed by atoms with Gasteiger partial charge in [0.15, 0.2) is 0 Å². The van der Waals surface area contributed by atoms with Crippen LogP contribution in [0.5, 0.6) is 0 Å². The number of carboxylic acids is 1. The topological polar surface area (TPSA) is 93.1 Å². The molecule has 0 radical (unpaired) electrons. The molecule has 0 saturated heterocycles. The second-order valence-electron chi connectivity index (χ2n) is 10.7. The van der Waals surface area contributed by atoms with E-state index in [1.165, 1.54) is 90.4 Å². The summed E-state index contributed by atoms with van der Waals surface area (Å²) >= 11 is 0. The summed E-state index contributed by atoms with van der Waals surface area (Å²) in [4.78, 5) is 37.5. The number of hydrogen-bond acceptors (Lipinski definition) is 6. The first-order valence-electron chi connectivity index (χ1n) is 15.2. The minimum absolute atomic E-state index is 0. The molecule has 0 aliphatic carbocycles. The molecular formula is C32H54ClNO6. The molecule has 1 aliphatic rings. The van der Waals surface area contributed by atoms with E-state index in [0.29, 0.717) is 0 Å². The SMILES string of the molecule is C=C(C)C(=O)OCCC(CC(=O)OCC1=CC=CCN1CCCCCCCCCCCCCCCC)C(=O)O.Cl. The van der Waals surface area contributed by atoms with Crippen molar-refractivity contribution in [2.75, 3.05) is 26.3 Å². The molecule has 40 heavy (non-hydrogen) atoms. The van der Waals surface area contributed by atoms with Gasteiger partial charge in [-0.05, 0) is 25.8 Å². The van der Waals surface area contributed by atoms with Crippen LogP contribution >= 0.6 is 12.4 Å². The van der Waals surface area contributed by atoms with E-state index in [1.54, 1.807) is 0 Å². The van der Waals surface area contributed by atoms with Gasteiger partial charge in [0.1, 0.15) is 6.61 Å². The number of allylic oxidation sites excluding steroid dienone is 2. The molecule has 0 aromatic carbocycles. The van der Waals surface area contributed by atoms with Gasteiger partial charge >= 0.3 is 17.9 Å². The van der Waals surface area contributed by atoms with Gasteiger partial charge in [-0.1, -0.05) is 109 Å². The summed E-state index contributed by atoms with van der Waals surface area (Å²) < 4.78 is 10.4. The number of unbranched alkanes of at least 4 members (excludes halogenated alkanes) is 13. The Balaban J connectivity index is 0.0000152. The van der Waals surface area contributed by atoms with E-state index in [2.05, 4.69) is 24.5 Å². The molecule has 1 unspecified atom stereocenters. The number of carbonyl (C=O) groups is 3. The van der Waals surface area contributed by atoms with Crippen molar-refractivity contribution in [2.45, 2.75) is 117 Å².